The van der Waals surface area contributed by atoms with Crippen molar-refractivity contribution in [1.82, 2.24) is 0 Å². The van der Waals surface area contributed by atoms with E-state index in [-0.39, 0.29) is 6.04 Å². The fraction of sp³-hybridized carbons (Fsp3) is 0.600. The number of rotatable bonds is 6. The van der Waals surface area contributed by atoms with E-state index < -0.39 is 0 Å². The molecule has 19 heavy (non-hydrogen) atoms. The van der Waals surface area contributed by atoms with Crippen LogP contribution in [0.5, 0.6) is 11.5 Å². The molecule has 0 aliphatic carbocycles. The van der Waals surface area contributed by atoms with Gasteiger partial charge in [0.2, 0.25) is 0 Å². The second-order valence-electron chi connectivity index (χ2n) is 5.14. The molecule has 1 atom stereocenters. The van der Waals surface area contributed by atoms with Crippen molar-refractivity contribution in [2.75, 3.05) is 26.1 Å². The van der Waals surface area contributed by atoms with Crippen molar-refractivity contribution in [3.8, 4) is 11.5 Å². The maximum Gasteiger partial charge on any atom is 0.145 e. The van der Waals surface area contributed by atoms with Crippen LogP contribution in [-0.2, 0) is 0 Å². The van der Waals surface area contributed by atoms with E-state index >= 15 is 0 Å². The maximum atomic E-state index is 5.82. The topological polar surface area (TPSA) is 56.5 Å². The molecule has 1 rings (SSSR count). The Labute approximate surface area is 116 Å². The molecule has 0 aliphatic rings. The molecule has 0 aliphatic heterocycles. The first-order chi connectivity index (χ1) is 8.96. The van der Waals surface area contributed by atoms with Crippen LogP contribution >= 0.6 is 0 Å². The fourth-order valence-electron chi connectivity index (χ4n) is 2.14. The molecule has 3 N–H and O–H groups in total. The first-order valence-electron chi connectivity index (χ1n) is 6.65. The molecule has 0 aromatic heterocycles. The van der Waals surface area contributed by atoms with E-state index in [1.165, 1.54) is 0 Å². The molecule has 0 saturated carbocycles. The minimum atomic E-state index is 0.209. The third kappa shape index (κ3) is 3.32. The lowest BCUT2D eigenvalue weighted by molar-refractivity contribution is 0.398. The highest BCUT2D eigenvalue weighted by Crippen LogP contribution is 2.37. The Morgan fingerprint density at radius 2 is 1.79 bits per heavy atom. The zero-order valence-corrected chi connectivity index (χ0v) is 12.8. The summed E-state index contributed by atoms with van der Waals surface area (Å²) in [6.07, 6.45) is 0. The lowest BCUT2D eigenvalue weighted by atomic mass is 10.0. The molecule has 0 radical (unpaired) electrons. The van der Waals surface area contributed by atoms with Crippen molar-refractivity contribution in [3.63, 3.8) is 0 Å². The molecule has 108 valence electrons. The van der Waals surface area contributed by atoms with Crippen LogP contribution in [0.15, 0.2) is 6.07 Å². The summed E-state index contributed by atoms with van der Waals surface area (Å²) >= 11 is 0. The van der Waals surface area contributed by atoms with Crippen molar-refractivity contribution in [2.45, 2.75) is 33.7 Å². The van der Waals surface area contributed by atoms with E-state index in [4.69, 9.17) is 15.2 Å². The average molecular weight is 266 g/mol. The number of benzene rings is 1. The predicted molar refractivity (Wildman–Crippen MR) is 80.3 cm³/mol. The molecule has 0 spiro atoms. The minimum absolute atomic E-state index is 0.209. The second kappa shape index (κ2) is 6.66. The molecule has 0 saturated heterocycles. The Morgan fingerprint density at radius 1 is 1.16 bits per heavy atom. The summed E-state index contributed by atoms with van der Waals surface area (Å²) in [5, 5.41) is 3.46. The van der Waals surface area contributed by atoms with E-state index in [1.54, 1.807) is 14.2 Å². The molecule has 0 heterocycles. The summed E-state index contributed by atoms with van der Waals surface area (Å²) in [5.41, 5.74) is 8.94. The third-order valence-electron chi connectivity index (χ3n) is 3.62. The molecular weight excluding hydrogens is 240 g/mol. The fourth-order valence-corrected chi connectivity index (χ4v) is 2.14. The van der Waals surface area contributed by atoms with Crippen molar-refractivity contribution >= 4 is 5.69 Å². The van der Waals surface area contributed by atoms with Crippen molar-refractivity contribution in [3.05, 3.63) is 17.2 Å². The van der Waals surface area contributed by atoms with Crippen LogP contribution < -0.4 is 20.5 Å². The van der Waals surface area contributed by atoms with Gasteiger partial charge in [-0.25, -0.2) is 0 Å². The average Bonchev–Trinajstić information content (AvgIpc) is 2.39. The number of hydrogen-bond acceptors (Lipinski definition) is 4. The number of ether oxygens (including phenoxy) is 2. The van der Waals surface area contributed by atoms with Gasteiger partial charge in [-0.3, -0.25) is 0 Å². The van der Waals surface area contributed by atoms with Gasteiger partial charge in [0, 0.05) is 18.7 Å². The van der Waals surface area contributed by atoms with Gasteiger partial charge in [0.1, 0.15) is 11.5 Å². The van der Waals surface area contributed by atoms with Crippen molar-refractivity contribution in [1.29, 1.82) is 0 Å². The number of anilines is 1. The van der Waals surface area contributed by atoms with Crippen molar-refractivity contribution in [2.24, 2.45) is 11.7 Å². The Kier molecular flexibility index (Phi) is 5.48. The van der Waals surface area contributed by atoms with E-state index in [1.807, 2.05) is 19.9 Å². The second-order valence-corrected chi connectivity index (χ2v) is 5.14. The highest BCUT2D eigenvalue weighted by atomic mass is 16.5. The predicted octanol–water partition coefficient (Wildman–Crippen LogP) is 2.72. The molecule has 1 aromatic rings. The van der Waals surface area contributed by atoms with Crippen LogP contribution in [0.1, 0.15) is 25.0 Å². The normalized spacial score (nSPS) is 12.4. The van der Waals surface area contributed by atoms with E-state index in [2.05, 4.69) is 19.2 Å². The molecule has 0 fully saturated rings. The highest BCUT2D eigenvalue weighted by molar-refractivity contribution is 5.66. The Morgan fingerprint density at radius 3 is 2.21 bits per heavy atom. The summed E-state index contributed by atoms with van der Waals surface area (Å²) in [6, 6.07) is 2.19. The summed E-state index contributed by atoms with van der Waals surface area (Å²) in [7, 11) is 3.37. The standard InChI is InChI=1S/C15H26N2O2/c1-9(2)13(8-16)17-12-7-14(18-5)10(3)11(4)15(12)19-6/h7,9,13,17H,8,16H2,1-6H3. The van der Waals surface area contributed by atoms with Gasteiger partial charge in [-0.1, -0.05) is 13.8 Å². The number of nitrogens with one attached hydrogen (secondary N) is 1. The quantitative estimate of drug-likeness (QED) is 0.831. The molecule has 4 nitrogen and oxygen atoms in total. The van der Waals surface area contributed by atoms with Gasteiger partial charge in [0.05, 0.1) is 19.9 Å². The van der Waals surface area contributed by atoms with Gasteiger partial charge in [0.25, 0.3) is 0 Å². The molecule has 1 unspecified atom stereocenters. The number of nitrogens with two attached hydrogens (primary N) is 1. The molecule has 1 aromatic carbocycles. The summed E-state index contributed by atoms with van der Waals surface area (Å²) < 4.78 is 10.9. The van der Waals surface area contributed by atoms with E-state index in [0.29, 0.717) is 12.5 Å². The first kappa shape index (κ1) is 15.6. The van der Waals surface area contributed by atoms with Gasteiger partial charge in [-0.05, 0) is 30.9 Å². The van der Waals surface area contributed by atoms with Gasteiger partial charge >= 0.3 is 0 Å². The Bertz CT molecular complexity index is 431. The Balaban J connectivity index is 3.21. The number of hydrogen-bond donors (Lipinski definition) is 2. The summed E-state index contributed by atoms with van der Waals surface area (Å²) in [6.45, 7) is 8.94. The van der Waals surface area contributed by atoms with Crippen LogP contribution in [0.4, 0.5) is 5.69 Å². The lowest BCUT2D eigenvalue weighted by Gasteiger charge is -2.25. The first-order valence-corrected chi connectivity index (χ1v) is 6.65. The Hall–Kier alpha value is -1.42. The number of methoxy groups -OCH3 is 2. The van der Waals surface area contributed by atoms with Crippen molar-refractivity contribution < 1.29 is 9.47 Å². The molecular formula is C15H26N2O2. The monoisotopic (exact) mass is 266 g/mol. The van der Waals surface area contributed by atoms with E-state index in [9.17, 15) is 0 Å². The largest absolute Gasteiger partial charge is 0.496 e. The SMILES string of the molecule is COc1cc(NC(CN)C(C)C)c(OC)c(C)c1C. The maximum absolute atomic E-state index is 5.82. The van der Waals surface area contributed by atoms with Crippen LogP contribution in [0.3, 0.4) is 0 Å². The minimum Gasteiger partial charge on any atom is -0.496 e. The molecule has 4 heteroatoms. The van der Waals surface area contributed by atoms with Gasteiger partial charge in [0.15, 0.2) is 0 Å². The van der Waals surface area contributed by atoms with Crippen LogP contribution in [0.25, 0.3) is 0 Å². The lowest BCUT2D eigenvalue weighted by Crippen LogP contribution is -2.33. The van der Waals surface area contributed by atoms with Crippen LogP contribution in [-0.4, -0.2) is 26.8 Å². The zero-order valence-electron chi connectivity index (χ0n) is 12.8. The zero-order chi connectivity index (χ0) is 14.6. The summed E-state index contributed by atoms with van der Waals surface area (Å²) in [4.78, 5) is 0. The van der Waals surface area contributed by atoms with Gasteiger partial charge in [-0.2, -0.15) is 0 Å². The smallest absolute Gasteiger partial charge is 0.145 e. The van der Waals surface area contributed by atoms with Crippen LogP contribution in [0, 0.1) is 19.8 Å². The molecule has 0 bridgehead atoms. The van der Waals surface area contributed by atoms with Gasteiger partial charge < -0.3 is 20.5 Å². The van der Waals surface area contributed by atoms with Crippen LogP contribution in [0.2, 0.25) is 0 Å². The third-order valence-corrected chi connectivity index (χ3v) is 3.62. The molecule has 0 amide bonds. The van der Waals surface area contributed by atoms with Gasteiger partial charge in [-0.15, -0.1) is 0 Å². The summed E-state index contributed by atoms with van der Waals surface area (Å²) in [5.74, 6) is 2.17. The highest BCUT2D eigenvalue weighted by Gasteiger charge is 2.18. The van der Waals surface area contributed by atoms with E-state index in [0.717, 1.165) is 28.3 Å².